The van der Waals surface area contributed by atoms with Crippen LogP contribution in [0, 0.1) is 0 Å². The summed E-state index contributed by atoms with van der Waals surface area (Å²) in [5.74, 6) is 0.110. The average Bonchev–Trinajstić information content (AvgIpc) is 3.39. The van der Waals surface area contributed by atoms with E-state index in [1.165, 1.54) is 22.2 Å². The molecule has 11 heteroatoms. The highest BCUT2D eigenvalue weighted by Gasteiger charge is 2.34. The number of morpholine rings is 1. The highest BCUT2D eigenvalue weighted by Crippen LogP contribution is 2.42. The van der Waals surface area contributed by atoms with Crippen LogP contribution in [0.3, 0.4) is 0 Å². The Kier molecular flexibility index (Phi) is 6.12. The van der Waals surface area contributed by atoms with Crippen LogP contribution in [0.15, 0.2) is 10.3 Å². The van der Waals surface area contributed by atoms with Gasteiger partial charge in [-0.15, -0.1) is 21.5 Å². The van der Waals surface area contributed by atoms with Crippen LogP contribution in [-0.2, 0) is 27.3 Å². The lowest BCUT2D eigenvalue weighted by Crippen LogP contribution is -2.44. The second-order valence-corrected chi connectivity index (χ2v) is 11.6. The van der Waals surface area contributed by atoms with Crippen molar-refractivity contribution in [3.63, 3.8) is 0 Å². The molecule has 0 unspecified atom stereocenters. The van der Waals surface area contributed by atoms with Crippen molar-refractivity contribution in [1.29, 1.82) is 0 Å². The van der Waals surface area contributed by atoms with Gasteiger partial charge in [0.25, 0.3) is 0 Å². The highest BCUT2D eigenvalue weighted by molar-refractivity contribution is 8.00. The van der Waals surface area contributed by atoms with E-state index in [0.717, 1.165) is 33.9 Å². The Morgan fingerprint density at radius 3 is 2.78 bits per heavy atom. The lowest BCUT2D eigenvalue weighted by Gasteiger charge is -2.33. The second-order valence-electron chi connectivity index (χ2n) is 8.39. The maximum atomic E-state index is 12.9. The molecule has 3 aromatic heterocycles. The maximum absolute atomic E-state index is 12.9. The zero-order valence-corrected chi connectivity index (χ0v) is 21.2. The summed E-state index contributed by atoms with van der Waals surface area (Å²) in [6.45, 7) is 9.36. The summed E-state index contributed by atoms with van der Waals surface area (Å²) in [6.07, 6.45) is 3.80. The number of thiophene rings is 1. The third kappa shape index (κ3) is 3.81. The molecule has 1 fully saturated rings. The van der Waals surface area contributed by atoms with Crippen molar-refractivity contribution in [1.82, 2.24) is 24.5 Å². The zero-order chi connectivity index (χ0) is 22.5. The topological polar surface area (TPSA) is 81.9 Å². The minimum atomic E-state index is -0.265. The highest BCUT2D eigenvalue weighted by atomic mass is 32.2. The van der Waals surface area contributed by atoms with Crippen molar-refractivity contribution in [2.24, 2.45) is 0 Å². The molecule has 1 amide bonds. The Balaban J connectivity index is 1.55. The number of ether oxygens (including phenoxy) is 2. The van der Waals surface area contributed by atoms with Gasteiger partial charge in [-0.1, -0.05) is 30.4 Å². The van der Waals surface area contributed by atoms with E-state index in [9.17, 15) is 4.79 Å². The Hall–Kier alpha value is -1.40. The zero-order valence-electron chi connectivity index (χ0n) is 18.7. The van der Waals surface area contributed by atoms with Crippen LogP contribution < -0.4 is 0 Å². The lowest BCUT2D eigenvalue weighted by atomic mass is 9.90. The molecule has 0 radical (unpaired) electrons. The minimum Gasteiger partial charge on any atom is -0.378 e. The first kappa shape index (κ1) is 22.4. The summed E-state index contributed by atoms with van der Waals surface area (Å²) in [4.78, 5) is 22.0. The predicted octanol–water partition coefficient (Wildman–Crippen LogP) is 3.64. The summed E-state index contributed by atoms with van der Waals surface area (Å²) in [5.41, 5.74) is 1.94. The number of hydrogen-bond donors (Lipinski definition) is 0. The molecule has 2 atom stereocenters. The van der Waals surface area contributed by atoms with Gasteiger partial charge in [0.15, 0.2) is 16.0 Å². The first-order valence-corrected chi connectivity index (χ1v) is 13.8. The van der Waals surface area contributed by atoms with Crippen LogP contribution >= 0.6 is 34.9 Å². The third-order valence-corrected chi connectivity index (χ3v) is 9.07. The quantitative estimate of drug-likeness (QED) is 0.394. The predicted molar refractivity (Wildman–Crippen MR) is 128 cm³/mol. The largest absolute Gasteiger partial charge is 0.378 e. The first-order chi connectivity index (χ1) is 15.4. The van der Waals surface area contributed by atoms with Gasteiger partial charge >= 0.3 is 0 Å². The SMILES string of the molecule is CC[C@@]1(C)Cc2c(sc3nc(SC)n4c(S[C@@H](C)C(=O)N5CCOCC5)nnc4c23)CO1. The van der Waals surface area contributed by atoms with Crippen LogP contribution in [0.1, 0.15) is 37.6 Å². The summed E-state index contributed by atoms with van der Waals surface area (Å²) < 4.78 is 13.6. The second kappa shape index (κ2) is 8.75. The van der Waals surface area contributed by atoms with Gasteiger partial charge in [0.05, 0.1) is 36.1 Å². The molecular formula is C21H27N5O3S3. The molecule has 1 saturated heterocycles. The van der Waals surface area contributed by atoms with E-state index in [0.29, 0.717) is 38.1 Å². The van der Waals surface area contributed by atoms with Crippen molar-refractivity contribution in [3.05, 3.63) is 10.4 Å². The normalized spacial score (nSPS) is 22.4. The fourth-order valence-corrected chi connectivity index (χ4v) is 6.89. The molecule has 3 aromatic rings. The van der Waals surface area contributed by atoms with Crippen LogP contribution in [0.5, 0.6) is 0 Å². The van der Waals surface area contributed by atoms with Crippen LogP contribution in [0.25, 0.3) is 15.9 Å². The van der Waals surface area contributed by atoms with E-state index in [1.807, 2.05) is 22.5 Å². The fourth-order valence-electron chi connectivity index (χ4n) is 4.21. The summed E-state index contributed by atoms with van der Waals surface area (Å²) in [7, 11) is 0. The fraction of sp³-hybridized carbons (Fsp3) is 0.619. The molecular weight excluding hydrogens is 466 g/mol. The molecule has 0 aliphatic carbocycles. The van der Waals surface area contributed by atoms with Gasteiger partial charge in [-0.3, -0.25) is 4.79 Å². The van der Waals surface area contributed by atoms with E-state index in [-0.39, 0.29) is 16.8 Å². The number of aromatic nitrogens is 4. The van der Waals surface area contributed by atoms with Crippen molar-refractivity contribution < 1.29 is 14.3 Å². The van der Waals surface area contributed by atoms with Crippen molar-refractivity contribution in [3.8, 4) is 0 Å². The van der Waals surface area contributed by atoms with E-state index in [1.54, 1.807) is 23.1 Å². The van der Waals surface area contributed by atoms with Crippen LogP contribution in [0.2, 0.25) is 0 Å². The molecule has 172 valence electrons. The monoisotopic (exact) mass is 493 g/mol. The summed E-state index contributed by atoms with van der Waals surface area (Å²) >= 11 is 4.71. The lowest BCUT2D eigenvalue weighted by molar-refractivity contribution is -0.134. The molecule has 2 aliphatic heterocycles. The summed E-state index contributed by atoms with van der Waals surface area (Å²) in [6, 6.07) is 0. The molecule has 2 aliphatic rings. The molecule has 8 nitrogen and oxygen atoms in total. The standard InChI is InChI=1S/C21H27N5O3S3/c1-5-21(3)10-13-14(11-29-21)32-17-15(13)16-23-24-20(26(16)19(22-17)30-4)31-12(2)18(27)25-6-8-28-9-7-25/h12H,5-11H2,1-4H3/t12-,21-/m0/s1. The first-order valence-electron chi connectivity index (χ1n) is 10.8. The average molecular weight is 494 g/mol. The number of carbonyl (C=O) groups excluding carboxylic acids is 1. The number of carbonyl (C=O) groups is 1. The number of fused-ring (bicyclic) bond motifs is 5. The van der Waals surface area contributed by atoms with E-state index < -0.39 is 0 Å². The van der Waals surface area contributed by atoms with Crippen molar-refractivity contribution in [2.45, 2.75) is 61.4 Å². The van der Waals surface area contributed by atoms with Gasteiger partial charge in [0, 0.05) is 24.4 Å². The Morgan fingerprint density at radius 1 is 1.28 bits per heavy atom. The number of hydrogen-bond acceptors (Lipinski definition) is 9. The molecule has 0 bridgehead atoms. The minimum absolute atomic E-state index is 0.110. The van der Waals surface area contributed by atoms with Crippen molar-refractivity contribution in [2.75, 3.05) is 32.6 Å². The number of thioether (sulfide) groups is 2. The van der Waals surface area contributed by atoms with Gasteiger partial charge < -0.3 is 14.4 Å². The van der Waals surface area contributed by atoms with Gasteiger partial charge in [-0.25, -0.2) is 9.38 Å². The van der Waals surface area contributed by atoms with E-state index in [4.69, 9.17) is 14.5 Å². The number of amides is 1. The molecule has 0 aromatic carbocycles. The van der Waals surface area contributed by atoms with Crippen LogP contribution in [0.4, 0.5) is 0 Å². The Bertz CT molecular complexity index is 1170. The number of nitrogens with zero attached hydrogens (tertiary/aromatic N) is 5. The van der Waals surface area contributed by atoms with Crippen LogP contribution in [-0.4, -0.2) is 73.8 Å². The van der Waals surface area contributed by atoms with Gasteiger partial charge in [-0.05, 0) is 32.1 Å². The molecule has 0 spiro atoms. The number of rotatable bonds is 5. The molecule has 0 saturated carbocycles. The van der Waals surface area contributed by atoms with E-state index >= 15 is 0 Å². The Labute approximate surface area is 199 Å². The van der Waals surface area contributed by atoms with Gasteiger partial charge in [0.1, 0.15) is 4.83 Å². The maximum Gasteiger partial charge on any atom is 0.236 e. The molecule has 5 rings (SSSR count). The smallest absolute Gasteiger partial charge is 0.236 e. The summed E-state index contributed by atoms with van der Waals surface area (Å²) in [5, 5.41) is 11.5. The Morgan fingerprint density at radius 2 is 2.06 bits per heavy atom. The molecule has 32 heavy (non-hydrogen) atoms. The third-order valence-electron chi connectivity index (χ3n) is 6.30. The molecule has 5 heterocycles. The van der Waals surface area contributed by atoms with Crippen molar-refractivity contribution >= 4 is 56.6 Å². The molecule has 0 N–H and O–H groups in total. The van der Waals surface area contributed by atoms with Gasteiger partial charge in [-0.2, -0.15) is 0 Å². The van der Waals surface area contributed by atoms with Gasteiger partial charge in [0.2, 0.25) is 5.91 Å². The van der Waals surface area contributed by atoms with E-state index in [2.05, 4.69) is 24.0 Å².